The predicted molar refractivity (Wildman–Crippen MR) is 134 cm³/mol. The Labute approximate surface area is 205 Å². The molecule has 5 rings (SSSR count). The second-order valence-corrected chi connectivity index (χ2v) is 9.27. The Hall–Kier alpha value is -2.61. The van der Waals surface area contributed by atoms with Crippen molar-refractivity contribution in [3.05, 3.63) is 65.1 Å². The first-order valence-corrected chi connectivity index (χ1v) is 11.4. The lowest BCUT2D eigenvalue weighted by atomic mass is 10.2. The van der Waals surface area contributed by atoms with E-state index in [0.29, 0.717) is 29.3 Å². The van der Waals surface area contributed by atoms with Crippen molar-refractivity contribution < 1.29 is 4.79 Å². The lowest BCUT2D eigenvalue weighted by Crippen LogP contribution is -2.39. The molecule has 33 heavy (non-hydrogen) atoms. The summed E-state index contributed by atoms with van der Waals surface area (Å²) in [6.45, 7) is 6.93. The molecule has 4 heterocycles. The maximum absolute atomic E-state index is 13.0. The number of halogens is 2. The molecule has 2 aliphatic heterocycles. The van der Waals surface area contributed by atoms with Crippen molar-refractivity contribution in [1.29, 1.82) is 0 Å². The van der Waals surface area contributed by atoms with E-state index in [-0.39, 0.29) is 18.3 Å². The van der Waals surface area contributed by atoms with E-state index in [1.54, 1.807) is 15.8 Å². The van der Waals surface area contributed by atoms with E-state index in [4.69, 9.17) is 11.6 Å². The van der Waals surface area contributed by atoms with E-state index in [1.807, 2.05) is 42.6 Å². The van der Waals surface area contributed by atoms with Crippen molar-refractivity contribution in [2.75, 3.05) is 29.9 Å². The van der Waals surface area contributed by atoms with Crippen LogP contribution < -0.4 is 9.80 Å². The summed E-state index contributed by atoms with van der Waals surface area (Å²) in [6.07, 6.45) is 4.85. The lowest BCUT2D eigenvalue weighted by Gasteiger charge is -2.28. The summed E-state index contributed by atoms with van der Waals surface area (Å²) in [5.41, 5.74) is 3.07. The molecule has 1 atom stereocenters. The van der Waals surface area contributed by atoms with Gasteiger partial charge in [-0.2, -0.15) is 5.10 Å². The zero-order valence-corrected chi connectivity index (χ0v) is 20.6. The largest absolute Gasteiger partial charge is 0.355 e. The first-order chi connectivity index (χ1) is 15.4. The van der Waals surface area contributed by atoms with Crippen LogP contribution in [0.5, 0.6) is 0 Å². The highest BCUT2D eigenvalue weighted by Crippen LogP contribution is 2.30. The Bertz CT molecular complexity index is 1130. The van der Waals surface area contributed by atoms with Crippen molar-refractivity contribution in [1.82, 2.24) is 19.7 Å². The molecule has 0 spiro atoms. The van der Waals surface area contributed by atoms with E-state index in [0.717, 1.165) is 42.3 Å². The molecule has 174 valence electrons. The fourth-order valence-electron chi connectivity index (χ4n) is 4.44. The number of benzene rings is 1. The highest BCUT2D eigenvalue weighted by atomic mass is 35.5. The number of anilines is 2. The SMILES string of the molecule is CC(C)N(C)C1CCN(c2ccc(N3Cc4cn(-c5ccc(Cl)cc5)nc4C3=O)cn2)C1.Cl. The van der Waals surface area contributed by atoms with Gasteiger partial charge in [0.2, 0.25) is 0 Å². The number of likely N-dealkylation sites (N-methyl/N-ethyl adjacent to an activating group) is 1. The van der Waals surface area contributed by atoms with Crippen LogP contribution in [0.15, 0.2) is 48.8 Å². The quantitative estimate of drug-likeness (QED) is 0.533. The summed E-state index contributed by atoms with van der Waals surface area (Å²) in [5.74, 6) is 0.868. The smallest absolute Gasteiger partial charge is 0.279 e. The zero-order chi connectivity index (χ0) is 22.4. The molecule has 3 aromatic rings. The summed E-state index contributed by atoms with van der Waals surface area (Å²) in [5, 5.41) is 5.19. The van der Waals surface area contributed by atoms with E-state index in [2.05, 4.69) is 40.8 Å². The van der Waals surface area contributed by atoms with Crippen molar-refractivity contribution in [2.45, 2.75) is 38.9 Å². The van der Waals surface area contributed by atoms with Gasteiger partial charge in [0.15, 0.2) is 5.69 Å². The fraction of sp³-hybridized carbons (Fsp3) is 0.375. The van der Waals surface area contributed by atoms with Gasteiger partial charge in [-0.15, -0.1) is 12.4 Å². The number of nitrogens with zero attached hydrogens (tertiary/aromatic N) is 6. The first kappa shape index (κ1) is 23.5. The van der Waals surface area contributed by atoms with Crippen LogP contribution in [0.25, 0.3) is 5.69 Å². The number of amides is 1. The third-order valence-corrected chi connectivity index (χ3v) is 6.83. The third kappa shape index (κ3) is 4.45. The molecular formula is C24H28Cl2N6O. The van der Waals surface area contributed by atoms with Crippen LogP contribution in [-0.2, 0) is 6.54 Å². The van der Waals surface area contributed by atoms with Crippen LogP contribution in [0, 0.1) is 0 Å². The van der Waals surface area contributed by atoms with Crippen molar-refractivity contribution in [2.24, 2.45) is 0 Å². The normalized spacial score (nSPS) is 17.8. The van der Waals surface area contributed by atoms with E-state index in [9.17, 15) is 4.79 Å². The molecule has 0 aliphatic carbocycles. The van der Waals surface area contributed by atoms with Gasteiger partial charge in [-0.25, -0.2) is 9.67 Å². The van der Waals surface area contributed by atoms with Crippen LogP contribution in [-0.4, -0.2) is 57.8 Å². The van der Waals surface area contributed by atoms with Gasteiger partial charge in [-0.3, -0.25) is 9.69 Å². The molecule has 0 bridgehead atoms. The van der Waals surface area contributed by atoms with Gasteiger partial charge in [0.05, 0.1) is 24.1 Å². The second kappa shape index (κ2) is 9.33. The van der Waals surface area contributed by atoms with E-state index >= 15 is 0 Å². The molecule has 2 aliphatic rings. The van der Waals surface area contributed by atoms with Gasteiger partial charge in [0, 0.05) is 42.0 Å². The monoisotopic (exact) mass is 486 g/mol. The highest BCUT2D eigenvalue weighted by Gasteiger charge is 2.33. The third-order valence-electron chi connectivity index (χ3n) is 6.58. The minimum Gasteiger partial charge on any atom is -0.355 e. The molecule has 0 radical (unpaired) electrons. The molecule has 2 aromatic heterocycles. The van der Waals surface area contributed by atoms with Gasteiger partial charge in [0.25, 0.3) is 5.91 Å². The number of hydrogen-bond acceptors (Lipinski definition) is 5. The number of aromatic nitrogens is 3. The predicted octanol–water partition coefficient (Wildman–Crippen LogP) is 4.42. The van der Waals surface area contributed by atoms with Crippen LogP contribution in [0.2, 0.25) is 5.02 Å². The Kier molecular flexibility index (Phi) is 6.66. The van der Waals surface area contributed by atoms with Gasteiger partial charge < -0.3 is 9.80 Å². The number of pyridine rings is 1. The molecule has 0 saturated carbocycles. The molecule has 1 amide bonds. The standard InChI is InChI=1S/C24H27ClN6O.ClH/c1-16(2)28(3)21-10-11-29(15-21)22-9-8-20(12-26-22)30-13-17-14-31(27-23(17)24(30)32)19-6-4-18(25)5-7-19;/h4-9,12,14,16,21H,10-11,13,15H2,1-3H3;1H. The molecule has 1 fully saturated rings. The number of hydrogen-bond donors (Lipinski definition) is 0. The van der Waals surface area contributed by atoms with E-state index in [1.165, 1.54) is 0 Å². The summed E-state index contributed by atoms with van der Waals surface area (Å²) in [7, 11) is 2.19. The molecule has 7 nitrogen and oxygen atoms in total. The van der Waals surface area contributed by atoms with Crippen LogP contribution >= 0.6 is 24.0 Å². The maximum Gasteiger partial charge on any atom is 0.279 e. The Balaban J connectivity index is 0.00000259. The molecule has 9 heteroatoms. The van der Waals surface area contributed by atoms with Crippen molar-refractivity contribution in [3.63, 3.8) is 0 Å². The van der Waals surface area contributed by atoms with Gasteiger partial charge in [-0.05, 0) is 63.7 Å². The minimum atomic E-state index is -0.0953. The number of rotatable bonds is 5. The van der Waals surface area contributed by atoms with Crippen molar-refractivity contribution >= 4 is 41.4 Å². The molecule has 1 saturated heterocycles. The van der Waals surface area contributed by atoms with Crippen molar-refractivity contribution in [3.8, 4) is 5.69 Å². The summed E-state index contributed by atoms with van der Waals surface area (Å²) >= 11 is 5.97. The second-order valence-electron chi connectivity index (χ2n) is 8.84. The highest BCUT2D eigenvalue weighted by molar-refractivity contribution is 6.30. The van der Waals surface area contributed by atoms with E-state index < -0.39 is 0 Å². The molecular weight excluding hydrogens is 459 g/mol. The maximum atomic E-state index is 13.0. The zero-order valence-electron chi connectivity index (χ0n) is 19.0. The molecule has 1 unspecified atom stereocenters. The summed E-state index contributed by atoms with van der Waals surface area (Å²) in [6, 6.07) is 12.5. The van der Waals surface area contributed by atoms with Gasteiger partial charge >= 0.3 is 0 Å². The van der Waals surface area contributed by atoms with Gasteiger partial charge in [0.1, 0.15) is 5.82 Å². The summed E-state index contributed by atoms with van der Waals surface area (Å²) < 4.78 is 1.73. The fourth-order valence-corrected chi connectivity index (χ4v) is 4.56. The first-order valence-electron chi connectivity index (χ1n) is 11.0. The number of carbonyl (C=O) groups excluding carboxylic acids is 1. The number of fused-ring (bicyclic) bond motifs is 1. The minimum absolute atomic E-state index is 0. The lowest BCUT2D eigenvalue weighted by molar-refractivity contribution is 0.0991. The summed E-state index contributed by atoms with van der Waals surface area (Å²) in [4.78, 5) is 24.2. The number of carbonyl (C=O) groups is 1. The average Bonchev–Trinajstić information content (AvgIpc) is 3.50. The average molecular weight is 487 g/mol. The Morgan fingerprint density at radius 3 is 2.48 bits per heavy atom. The van der Waals surface area contributed by atoms with Crippen LogP contribution in [0.3, 0.4) is 0 Å². The molecule has 0 N–H and O–H groups in total. The Morgan fingerprint density at radius 1 is 1.12 bits per heavy atom. The van der Waals surface area contributed by atoms with Gasteiger partial charge in [-0.1, -0.05) is 11.6 Å². The van der Waals surface area contributed by atoms with Crippen LogP contribution in [0.4, 0.5) is 11.5 Å². The van der Waals surface area contributed by atoms with Crippen LogP contribution in [0.1, 0.15) is 36.3 Å². The molecule has 1 aromatic carbocycles. The topological polar surface area (TPSA) is 57.5 Å². The Morgan fingerprint density at radius 2 is 1.85 bits per heavy atom.